The van der Waals surface area contributed by atoms with Crippen LogP contribution in [0.5, 0.6) is 17.2 Å². The third kappa shape index (κ3) is 8.58. The van der Waals surface area contributed by atoms with E-state index in [-0.39, 0.29) is 12.2 Å². The molecule has 220 valence electrons. The second kappa shape index (κ2) is 14.7. The molecule has 5 N–H and O–H groups in total. The second-order valence-electron chi connectivity index (χ2n) is 8.41. The minimum atomic E-state index is -1.19. The van der Waals surface area contributed by atoms with Gasteiger partial charge in [-0.2, -0.15) is 5.10 Å². The van der Waals surface area contributed by atoms with Gasteiger partial charge >= 0.3 is 18.0 Å². The average molecular weight is 700 g/mol. The fourth-order valence-corrected chi connectivity index (χ4v) is 5.20. The van der Waals surface area contributed by atoms with Crippen LogP contribution in [0.25, 0.3) is 0 Å². The number of urea groups is 1. The maximum atomic E-state index is 12.4. The molecule has 0 spiro atoms. The van der Waals surface area contributed by atoms with E-state index < -0.39 is 36.8 Å². The molecular weight excluding hydrogens is 672 g/mol. The summed E-state index contributed by atoms with van der Waals surface area (Å²) in [6.45, 7) is 3.03. The second-order valence-corrected chi connectivity index (χ2v) is 10.1. The molecule has 1 aliphatic rings. The van der Waals surface area contributed by atoms with Gasteiger partial charge < -0.3 is 39.8 Å². The molecule has 41 heavy (non-hydrogen) atoms. The van der Waals surface area contributed by atoms with Crippen LogP contribution < -0.4 is 30.3 Å². The van der Waals surface area contributed by atoms with Crippen LogP contribution in [0.15, 0.2) is 55.6 Å². The Labute approximate surface area is 252 Å². The zero-order valence-corrected chi connectivity index (χ0v) is 25.4. The van der Waals surface area contributed by atoms with Gasteiger partial charge in [0.05, 0.1) is 40.5 Å². The summed E-state index contributed by atoms with van der Waals surface area (Å²) in [6.07, 6.45) is 0.257. The minimum absolute atomic E-state index is 0.192. The third-order valence-corrected chi connectivity index (χ3v) is 6.65. The van der Waals surface area contributed by atoms with Crippen LogP contribution >= 0.6 is 31.9 Å². The number of nitrogens with zero attached hydrogens (tertiary/aromatic N) is 1. The highest BCUT2D eigenvalue weighted by molar-refractivity contribution is 9.11. The van der Waals surface area contributed by atoms with E-state index in [1.54, 1.807) is 44.2 Å². The number of nitrogens with one attached hydrogen (secondary N) is 3. The Kier molecular flexibility index (Phi) is 11.4. The molecule has 0 saturated heterocycles. The third-order valence-electron chi connectivity index (χ3n) is 5.47. The van der Waals surface area contributed by atoms with Crippen LogP contribution in [-0.4, -0.2) is 67.6 Å². The van der Waals surface area contributed by atoms with Crippen molar-refractivity contribution in [2.75, 3.05) is 26.9 Å². The van der Waals surface area contributed by atoms with Gasteiger partial charge in [0.25, 0.3) is 0 Å². The topological polar surface area (TPSA) is 177 Å². The number of esters is 1. The number of carboxylic acids is 1. The van der Waals surface area contributed by atoms with Crippen molar-refractivity contribution in [3.05, 3.63) is 61.7 Å². The van der Waals surface area contributed by atoms with Crippen molar-refractivity contribution < 1.29 is 43.5 Å². The molecule has 1 heterocycles. The molecule has 2 aromatic rings. The van der Waals surface area contributed by atoms with E-state index in [4.69, 9.17) is 24.1 Å². The monoisotopic (exact) mass is 698 g/mol. The van der Waals surface area contributed by atoms with Gasteiger partial charge in [-0.05, 0) is 81.1 Å². The fourth-order valence-electron chi connectivity index (χ4n) is 3.75. The maximum absolute atomic E-state index is 12.4. The Bertz CT molecular complexity index is 1340. The maximum Gasteiger partial charge on any atom is 0.341 e. The van der Waals surface area contributed by atoms with Crippen molar-refractivity contribution in [2.45, 2.75) is 26.1 Å². The van der Waals surface area contributed by atoms with E-state index in [1.165, 1.54) is 13.3 Å². The summed E-state index contributed by atoms with van der Waals surface area (Å²) in [5, 5.41) is 28.4. The number of rotatable bonds is 13. The lowest BCUT2D eigenvalue weighted by Gasteiger charge is -2.28. The SMILES string of the molecule is CCOc1cc([C@@H]2NC(=O)NC(C)=C2C(=O)OC)ccc1OC[C@@H](O)N/N=C\c1cc(Br)c(OCC(=O)O)c(Br)c1. The molecule has 0 bridgehead atoms. The number of hydrogen-bond acceptors (Lipinski definition) is 10. The number of carboxylic acid groups (broad SMARTS) is 1. The van der Waals surface area contributed by atoms with Crippen molar-refractivity contribution in [1.82, 2.24) is 16.1 Å². The van der Waals surface area contributed by atoms with Crippen LogP contribution in [0.4, 0.5) is 4.79 Å². The van der Waals surface area contributed by atoms with Crippen molar-refractivity contribution in [2.24, 2.45) is 5.10 Å². The quantitative estimate of drug-likeness (QED) is 0.0903. The Morgan fingerprint density at radius 1 is 1.15 bits per heavy atom. The highest BCUT2D eigenvalue weighted by Gasteiger charge is 2.32. The Morgan fingerprint density at radius 2 is 1.85 bits per heavy atom. The molecule has 0 aromatic heterocycles. The molecule has 0 aliphatic carbocycles. The van der Waals surface area contributed by atoms with Crippen LogP contribution in [0.2, 0.25) is 0 Å². The van der Waals surface area contributed by atoms with Crippen molar-refractivity contribution in [3.8, 4) is 17.2 Å². The summed E-state index contributed by atoms with van der Waals surface area (Å²) < 4.78 is 22.6. The first-order valence-electron chi connectivity index (χ1n) is 12.1. The average Bonchev–Trinajstić information content (AvgIpc) is 2.91. The van der Waals surface area contributed by atoms with Gasteiger partial charge in [-0.3, -0.25) is 5.43 Å². The number of hydrogen-bond donors (Lipinski definition) is 5. The predicted octanol–water partition coefficient (Wildman–Crippen LogP) is 3.20. The van der Waals surface area contributed by atoms with Gasteiger partial charge in [0.2, 0.25) is 0 Å². The van der Waals surface area contributed by atoms with Gasteiger partial charge in [-0.15, -0.1) is 0 Å². The Balaban J connectivity index is 1.67. The minimum Gasteiger partial charge on any atom is -0.490 e. The highest BCUT2D eigenvalue weighted by Crippen LogP contribution is 2.36. The zero-order chi connectivity index (χ0) is 30.1. The van der Waals surface area contributed by atoms with Crippen LogP contribution in [-0.2, 0) is 14.3 Å². The largest absolute Gasteiger partial charge is 0.490 e. The normalized spacial score (nSPS) is 15.6. The van der Waals surface area contributed by atoms with Gasteiger partial charge in [0, 0.05) is 5.70 Å². The first-order valence-corrected chi connectivity index (χ1v) is 13.7. The Hall–Kier alpha value is -3.82. The first kappa shape index (κ1) is 31.7. The molecule has 0 radical (unpaired) electrons. The summed E-state index contributed by atoms with van der Waals surface area (Å²) >= 11 is 6.66. The highest BCUT2D eigenvalue weighted by atomic mass is 79.9. The number of aliphatic hydroxyl groups excluding tert-OH is 1. The number of aliphatic carboxylic acids is 1. The molecule has 0 unspecified atom stereocenters. The lowest BCUT2D eigenvalue weighted by atomic mass is 9.95. The molecule has 0 saturated carbocycles. The summed E-state index contributed by atoms with van der Waals surface area (Å²) in [7, 11) is 1.26. The summed E-state index contributed by atoms with van der Waals surface area (Å²) in [5.74, 6) is -0.692. The number of hydrazone groups is 1. The van der Waals surface area contributed by atoms with E-state index in [1.807, 2.05) is 0 Å². The van der Waals surface area contributed by atoms with E-state index in [0.29, 0.717) is 49.6 Å². The van der Waals surface area contributed by atoms with E-state index in [0.717, 1.165) is 0 Å². The number of halogens is 2. The number of ether oxygens (including phenoxy) is 4. The summed E-state index contributed by atoms with van der Waals surface area (Å²) in [4.78, 5) is 35.2. The fraction of sp³-hybridized carbons (Fsp3) is 0.308. The molecule has 2 amide bonds. The van der Waals surface area contributed by atoms with Gasteiger partial charge in [-0.25, -0.2) is 14.4 Å². The first-order chi connectivity index (χ1) is 19.5. The number of benzene rings is 2. The molecular formula is C26H28Br2N4O9. The number of carbonyl (C=O) groups excluding carboxylic acids is 2. The molecule has 0 fully saturated rings. The van der Waals surface area contributed by atoms with Crippen LogP contribution in [0, 0.1) is 0 Å². The van der Waals surface area contributed by atoms with E-state index in [2.05, 4.69) is 53.0 Å². The molecule has 3 rings (SSSR count). The standard InChI is InChI=1S/C26H28Br2N4O9/c1-4-39-19-9-15(23-22(25(36)38-3)13(2)30-26(37)31-23)5-6-18(19)40-11-20(33)32-29-10-14-7-16(27)24(17(28)8-14)41-12-21(34)35/h5-10,20,23,32-33H,4,11-12H2,1-3H3,(H,34,35)(H2,30,31,37)/b29-10-/t20-,23+/m1/s1. The number of aliphatic hydroxyl groups is 1. The van der Waals surface area contributed by atoms with Crippen molar-refractivity contribution >= 4 is 56.0 Å². The molecule has 13 nitrogen and oxygen atoms in total. The number of allylic oxidation sites excluding steroid dienone is 1. The molecule has 2 atom stereocenters. The van der Waals surface area contributed by atoms with Gasteiger partial charge in [0.1, 0.15) is 12.4 Å². The van der Waals surface area contributed by atoms with Crippen molar-refractivity contribution in [3.63, 3.8) is 0 Å². The molecule has 2 aromatic carbocycles. The van der Waals surface area contributed by atoms with Crippen LogP contribution in [0.1, 0.15) is 31.0 Å². The zero-order valence-electron chi connectivity index (χ0n) is 22.2. The summed E-state index contributed by atoms with van der Waals surface area (Å²) in [6, 6.07) is 7.01. The number of methoxy groups -OCH3 is 1. The lowest BCUT2D eigenvalue weighted by Crippen LogP contribution is -2.45. The lowest BCUT2D eigenvalue weighted by molar-refractivity contribution is -0.139. The molecule has 15 heteroatoms. The smallest absolute Gasteiger partial charge is 0.341 e. The Morgan fingerprint density at radius 3 is 2.49 bits per heavy atom. The van der Waals surface area contributed by atoms with Crippen LogP contribution in [0.3, 0.4) is 0 Å². The van der Waals surface area contributed by atoms with Gasteiger partial charge in [-0.1, -0.05) is 6.07 Å². The number of amides is 2. The van der Waals surface area contributed by atoms with Gasteiger partial charge in [0.15, 0.2) is 24.3 Å². The van der Waals surface area contributed by atoms with E-state index in [9.17, 15) is 19.5 Å². The van der Waals surface area contributed by atoms with E-state index >= 15 is 0 Å². The van der Waals surface area contributed by atoms with Crippen molar-refractivity contribution in [1.29, 1.82) is 0 Å². The predicted molar refractivity (Wildman–Crippen MR) is 154 cm³/mol. The molecule has 1 aliphatic heterocycles. The summed E-state index contributed by atoms with van der Waals surface area (Å²) in [5.41, 5.74) is 4.37. The number of carbonyl (C=O) groups is 3.